The third-order valence-electron chi connectivity index (χ3n) is 1.92. The molecule has 0 fully saturated rings. The van der Waals surface area contributed by atoms with Crippen molar-refractivity contribution >= 4 is 18.4 Å². The Kier molecular flexibility index (Phi) is 2.36. The molecular weight excluding hydrogens is 226 g/mol. The Hall–Kier alpha value is -1.61. The molecule has 0 atom stereocenters. The zero-order chi connectivity index (χ0) is 11.9. The van der Waals surface area contributed by atoms with Crippen LogP contribution in [-0.4, -0.2) is 31.5 Å². The van der Waals surface area contributed by atoms with Crippen molar-refractivity contribution < 1.29 is 23.2 Å². The van der Waals surface area contributed by atoms with Crippen LogP contribution in [-0.2, 0) is 6.18 Å². The van der Waals surface area contributed by atoms with E-state index >= 15 is 0 Å². The maximum absolute atomic E-state index is 12.3. The van der Waals surface area contributed by atoms with E-state index in [0.29, 0.717) is 0 Å². The largest absolute Gasteiger partial charge is 0.491 e. The number of rotatable bonds is 1. The summed E-state index contributed by atoms with van der Waals surface area (Å²) in [5.41, 5.74) is -1.09. The highest BCUT2D eigenvalue weighted by molar-refractivity contribution is 6.58. The predicted molar refractivity (Wildman–Crippen MR) is 47.8 cm³/mol. The highest BCUT2D eigenvalue weighted by atomic mass is 19.4. The molecule has 0 spiro atoms. The molecule has 0 saturated carbocycles. The summed E-state index contributed by atoms with van der Waals surface area (Å²) in [4.78, 5) is 6.82. The predicted octanol–water partition coefficient (Wildman–Crippen LogP) is -0.572. The van der Waals surface area contributed by atoms with E-state index < -0.39 is 19.0 Å². The van der Waals surface area contributed by atoms with Crippen LogP contribution in [0.1, 0.15) is 5.69 Å². The minimum atomic E-state index is -4.55. The third-order valence-corrected chi connectivity index (χ3v) is 1.92. The van der Waals surface area contributed by atoms with Crippen molar-refractivity contribution in [3.8, 4) is 0 Å². The maximum atomic E-state index is 12.3. The molecule has 0 aliphatic heterocycles. The Labute approximate surface area is 87.3 Å². The number of imidazole rings is 1. The Bertz CT molecular complexity index is 525. The first-order valence-corrected chi connectivity index (χ1v) is 4.16. The summed E-state index contributed by atoms with van der Waals surface area (Å²) in [7, 11) is -1.78. The second kappa shape index (κ2) is 3.46. The van der Waals surface area contributed by atoms with Gasteiger partial charge in [0.2, 0.25) is 5.78 Å². The molecule has 0 bridgehead atoms. The fraction of sp³-hybridized carbons (Fsp3) is 0.143. The summed E-state index contributed by atoms with van der Waals surface area (Å²) in [6, 6.07) is 0. The minimum Gasteiger partial charge on any atom is -0.423 e. The van der Waals surface area contributed by atoms with Crippen molar-refractivity contribution in [1.82, 2.24) is 14.4 Å². The quantitative estimate of drug-likeness (QED) is 0.644. The minimum absolute atomic E-state index is 0.0152. The Morgan fingerprint density at radius 2 is 1.94 bits per heavy atom. The highest BCUT2D eigenvalue weighted by Gasteiger charge is 2.34. The molecule has 0 unspecified atom stereocenters. The molecule has 2 heterocycles. The van der Waals surface area contributed by atoms with Gasteiger partial charge in [-0.1, -0.05) is 0 Å². The van der Waals surface area contributed by atoms with Crippen LogP contribution in [0, 0.1) is 0 Å². The summed E-state index contributed by atoms with van der Waals surface area (Å²) in [6.07, 6.45) is -1.65. The average molecular weight is 231 g/mol. The Morgan fingerprint density at radius 3 is 2.50 bits per heavy atom. The van der Waals surface area contributed by atoms with Gasteiger partial charge in [0.1, 0.15) is 0 Å². The van der Waals surface area contributed by atoms with Crippen molar-refractivity contribution in [2.45, 2.75) is 6.18 Å². The zero-order valence-electron chi connectivity index (χ0n) is 7.68. The average Bonchev–Trinajstić information content (AvgIpc) is 2.58. The fourth-order valence-electron chi connectivity index (χ4n) is 1.17. The summed E-state index contributed by atoms with van der Waals surface area (Å²) < 4.78 is 37.8. The van der Waals surface area contributed by atoms with Gasteiger partial charge in [-0.05, 0) is 0 Å². The molecule has 5 nitrogen and oxygen atoms in total. The van der Waals surface area contributed by atoms with Gasteiger partial charge in [-0.25, -0.2) is 9.97 Å². The standard InChI is InChI=1S/C7H5BF3N3O2/c9-7(10,11)5-3-14-2-4(8(15)16)1-12-6(14)13-5/h1-3,15-16H. The van der Waals surface area contributed by atoms with E-state index in [9.17, 15) is 13.2 Å². The lowest BCUT2D eigenvalue weighted by Crippen LogP contribution is -2.31. The van der Waals surface area contributed by atoms with Crippen LogP contribution in [0.4, 0.5) is 13.2 Å². The molecular formula is C7H5BF3N3O2. The highest BCUT2D eigenvalue weighted by Crippen LogP contribution is 2.27. The lowest BCUT2D eigenvalue weighted by molar-refractivity contribution is -0.140. The molecule has 0 radical (unpaired) electrons. The summed E-state index contributed by atoms with van der Waals surface area (Å²) in [6.45, 7) is 0. The van der Waals surface area contributed by atoms with Gasteiger partial charge in [-0.15, -0.1) is 0 Å². The van der Waals surface area contributed by atoms with Gasteiger partial charge >= 0.3 is 13.3 Å². The van der Waals surface area contributed by atoms with Gasteiger partial charge in [0, 0.05) is 24.1 Å². The first-order chi connectivity index (χ1) is 7.38. The lowest BCUT2D eigenvalue weighted by Gasteiger charge is -1.98. The number of alkyl halides is 3. The first-order valence-electron chi connectivity index (χ1n) is 4.16. The molecule has 16 heavy (non-hydrogen) atoms. The normalized spacial score (nSPS) is 12.1. The van der Waals surface area contributed by atoms with Gasteiger partial charge in [-0.3, -0.25) is 4.40 Å². The van der Waals surface area contributed by atoms with Crippen LogP contribution in [0.15, 0.2) is 18.6 Å². The SMILES string of the molecule is OB(O)c1cnc2nc(C(F)(F)F)cn2c1. The van der Waals surface area contributed by atoms with E-state index in [1.165, 1.54) is 0 Å². The number of hydrogen-bond donors (Lipinski definition) is 2. The van der Waals surface area contributed by atoms with Crippen LogP contribution in [0.3, 0.4) is 0 Å². The number of nitrogens with zero attached hydrogens (tertiary/aromatic N) is 3. The fourth-order valence-corrected chi connectivity index (χ4v) is 1.17. The van der Waals surface area contributed by atoms with Crippen molar-refractivity contribution in [1.29, 1.82) is 0 Å². The van der Waals surface area contributed by atoms with E-state index in [-0.39, 0.29) is 11.2 Å². The summed E-state index contributed by atoms with van der Waals surface area (Å²) in [5, 5.41) is 17.6. The summed E-state index contributed by atoms with van der Waals surface area (Å²) >= 11 is 0. The van der Waals surface area contributed by atoms with Crippen molar-refractivity contribution in [3.05, 3.63) is 24.3 Å². The molecule has 2 rings (SSSR count). The number of fused-ring (bicyclic) bond motifs is 1. The van der Waals surface area contributed by atoms with Crippen LogP contribution in [0.5, 0.6) is 0 Å². The molecule has 0 aliphatic rings. The molecule has 0 aromatic carbocycles. The van der Waals surface area contributed by atoms with E-state index in [4.69, 9.17) is 10.0 Å². The summed E-state index contributed by atoms with van der Waals surface area (Å²) in [5.74, 6) is -0.156. The van der Waals surface area contributed by atoms with Gasteiger partial charge in [0.05, 0.1) is 0 Å². The molecule has 0 amide bonds. The van der Waals surface area contributed by atoms with E-state index in [2.05, 4.69) is 9.97 Å². The lowest BCUT2D eigenvalue weighted by atomic mass is 9.83. The zero-order valence-corrected chi connectivity index (χ0v) is 7.68. The molecule has 0 saturated heterocycles. The topological polar surface area (TPSA) is 70.7 Å². The maximum Gasteiger partial charge on any atom is 0.491 e. The second-order valence-electron chi connectivity index (χ2n) is 3.09. The van der Waals surface area contributed by atoms with Crippen LogP contribution >= 0.6 is 0 Å². The second-order valence-corrected chi connectivity index (χ2v) is 3.09. The molecule has 2 aromatic heterocycles. The number of halogens is 3. The van der Waals surface area contributed by atoms with E-state index in [1.54, 1.807) is 0 Å². The number of hydrogen-bond acceptors (Lipinski definition) is 4. The van der Waals surface area contributed by atoms with Gasteiger partial charge in [0.25, 0.3) is 0 Å². The molecule has 9 heteroatoms. The van der Waals surface area contributed by atoms with Crippen LogP contribution < -0.4 is 5.46 Å². The van der Waals surface area contributed by atoms with Crippen molar-refractivity contribution in [2.24, 2.45) is 0 Å². The van der Waals surface area contributed by atoms with Gasteiger partial charge < -0.3 is 10.0 Å². The molecule has 2 N–H and O–H groups in total. The molecule has 2 aromatic rings. The number of aromatic nitrogens is 3. The van der Waals surface area contributed by atoms with Crippen LogP contribution in [0.2, 0.25) is 0 Å². The van der Waals surface area contributed by atoms with E-state index in [0.717, 1.165) is 23.0 Å². The smallest absolute Gasteiger partial charge is 0.423 e. The van der Waals surface area contributed by atoms with Crippen molar-refractivity contribution in [3.63, 3.8) is 0 Å². The van der Waals surface area contributed by atoms with E-state index in [1.807, 2.05) is 0 Å². The first kappa shape index (κ1) is 10.9. The monoisotopic (exact) mass is 231 g/mol. The van der Waals surface area contributed by atoms with Crippen molar-refractivity contribution in [2.75, 3.05) is 0 Å². The van der Waals surface area contributed by atoms with Gasteiger partial charge in [0.15, 0.2) is 5.69 Å². The molecule has 84 valence electrons. The van der Waals surface area contributed by atoms with Gasteiger partial charge in [-0.2, -0.15) is 13.2 Å². The van der Waals surface area contributed by atoms with Crippen LogP contribution in [0.25, 0.3) is 5.78 Å². The molecule has 0 aliphatic carbocycles. The Morgan fingerprint density at radius 1 is 1.25 bits per heavy atom. The Balaban J connectivity index is 2.54. The third kappa shape index (κ3) is 1.86.